The highest BCUT2D eigenvalue weighted by Gasteiger charge is 2.14. The number of aliphatic hydroxyl groups excluding tert-OH is 2. The Morgan fingerprint density at radius 3 is 2.26 bits per heavy atom. The Balaban J connectivity index is 1.75. The molecule has 0 fully saturated rings. The average Bonchev–Trinajstić information content (AvgIpc) is 3.04. The fraction of sp³-hybridized carbons (Fsp3) is 0.211. The van der Waals surface area contributed by atoms with Crippen LogP contribution in [0.15, 0.2) is 67.0 Å². The van der Waals surface area contributed by atoms with Gasteiger partial charge in [0.1, 0.15) is 11.9 Å². The van der Waals surface area contributed by atoms with Gasteiger partial charge in [-0.05, 0) is 23.6 Å². The van der Waals surface area contributed by atoms with Crippen molar-refractivity contribution in [2.24, 2.45) is 0 Å². The Hall–Kier alpha value is -2.43. The molecule has 0 bridgehead atoms. The lowest BCUT2D eigenvalue weighted by molar-refractivity contribution is 0.143. The molecule has 2 atom stereocenters. The van der Waals surface area contributed by atoms with Gasteiger partial charge in [-0.2, -0.15) is 0 Å². The number of hydrogen-bond donors (Lipinski definition) is 2. The normalized spacial score (nSPS) is 13.7. The Labute approximate surface area is 135 Å². The smallest absolute Gasteiger partial charge is 0.137 e. The van der Waals surface area contributed by atoms with E-state index in [2.05, 4.69) is 17.1 Å². The van der Waals surface area contributed by atoms with Gasteiger partial charge in [0.2, 0.25) is 0 Å². The largest absolute Gasteiger partial charge is 0.387 e. The van der Waals surface area contributed by atoms with Crippen molar-refractivity contribution < 1.29 is 10.2 Å². The van der Waals surface area contributed by atoms with Crippen LogP contribution in [0.25, 0.3) is 11.1 Å². The molecule has 0 radical (unpaired) electrons. The summed E-state index contributed by atoms with van der Waals surface area (Å²) in [4.78, 5) is 4.12. The van der Waals surface area contributed by atoms with Crippen molar-refractivity contribution in [3.63, 3.8) is 0 Å². The van der Waals surface area contributed by atoms with Gasteiger partial charge in [0.15, 0.2) is 0 Å². The summed E-state index contributed by atoms with van der Waals surface area (Å²) >= 11 is 0. The summed E-state index contributed by atoms with van der Waals surface area (Å²) in [6.45, 7) is 2.03. The van der Waals surface area contributed by atoms with Crippen LogP contribution in [-0.4, -0.2) is 19.8 Å². The fourth-order valence-electron chi connectivity index (χ4n) is 2.66. The summed E-state index contributed by atoms with van der Waals surface area (Å²) in [7, 11) is 0. The molecule has 4 nitrogen and oxygen atoms in total. The summed E-state index contributed by atoms with van der Waals surface area (Å²) in [5.41, 5.74) is 3.11. The van der Waals surface area contributed by atoms with Crippen molar-refractivity contribution in [3.8, 4) is 11.1 Å². The molecule has 1 aromatic heterocycles. The van der Waals surface area contributed by atoms with Crippen LogP contribution in [0, 0.1) is 0 Å². The highest BCUT2D eigenvalue weighted by molar-refractivity contribution is 5.63. The van der Waals surface area contributed by atoms with Gasteiger partial charge in [0.05, 0.1) is 12.6 Å². The molecule has 0 aliphatic rings. The Morgan fingerprint density at radius 1 is 0.957 bits per heavy atom. The molecule has 118 valence electrons. The molecule has 2 unspecified atom stereocenters. The number of rotatable bonds is 5. The number of imidazole rings is 1. The van der Waals surface area contributed by atoms with E-state index >= 15 is 0 Å². The molecule has 0 amide bonds. The first kappa shape index (κ1) is 15.5. The maximum Gasteiger partial charge on any atom is 0.137 e. The molecule has 0 saturated carbocycles. The van der Waals surface area contributed by atoms with E-state index in [1.807, 2.05) is 42.5 Å². The van der Waals surface area contributed by atoms with Gasteiger partial charge in [-0.1, -0.05) is 54.6 Å². The minimum absolute atomic E-state index is 0.366. The molecular weight excluding hydrogens is 288 g/mol. The number of aliphatic hydroxyl groups is 2. The summed E-state index contributed by atoms with van der Waals surface area (Å²) in [6.07, 6.45) is 2.10. The maximum absolute atomic E-state index is 10.4. The summed E-state index contributed by atoms with van der Waals surface area (Å²) in [5, 5.41) is 20.1. The molecule has 0 aliphatic heterocycles. The van der Waals surface area contributed by atoms with E-state index in [4.69, 9.17) is 0 Å². The second-order valence-corrected chi connectivity index (χ2v) is 5.62. The van der Waals surface area contributed by atoms with Crippen LogP contribution in [-0.2, 0) is 6.54 Å². The number of hydrogen-bond acceptors (Lipinski definition) is 3. The van der Waals surface area contributed by atoms with E-state index in [-0.39, 0.29) is 0 Å². The molecule has 2 N–H and O–H groups in total. The quantitative estimate of drug-likeness (QED) is 0.760. The predicted molar refractivity (Wildman–Crippen MR) is 89.7 cm³/mol. The molecule has 3 aromatic rings. The first-order valence-electron chi connectivity index (χ1n) is 7.67. The number of aromatic nitrogens is 2. The standard InChI is InChI=1S/C19H20N2O2/c1-14(22)19-20-11-12-21(19)13-18(23)17-9-7-16(8-10-17)15-5-3-2-4-6-15/h2-12,14,18,22-23H,13H2,1H3. The first-order valence-corrected chi connectivity index (χ1v) is 7.67. The van der Waals surface area contributed by atoms with Crippen molar-refractivity contribution in [2.45, 2.75) is 25.7 Å². The van der Waals surface area contributed by atoms with Gasteiger partial charge in [-0.15, -0.1) is 0 Å². The van der Waals surface area contributed by atoms with E-state index in [0.29, 0.717) is 12.4 Å². The molecule has 0 aliphatic carbocycles. The van der Waals surface area contributed by atoms with Gasteiger partial charge >= 0.3 is 0 Å². The monoisotopic (exact) mass is 308 g/mol. The average molecular weight is 308 g/mol. The summed E-state index contributed by atoms with van der Waals surface area (Å²) in [5.74, 6) is 0.560. The first-order chi connectivity index (χ1) is 11.1. The second-order valence-electron chi connectivity index (χ2n) is 5.62. The van der Waals surface area contributed by atoms with Gasteiger partial charge in [0, 0.05) is 12.4 Å². The predicted octanol–water partition coefficient (Wildman–Crippen LogP) is 3.34. The van der Waals surface area contributed by atoms with Crippen LogP contribution >= 0.6 is 0 Å². The maximum atomic E-state index is 10.4. The van der Waals surface area contributed by atoms with Crippen LogP contribution in [0.5, 0.6) is 0 Å². The third-order valence-corrected chi connectivity index (χ3v) is 3.89. The molecule has 4 heteroatoms. The third-order valence-electron chi connectivity index (χ3n) is 3.89. The Bertz CT molecular complexity index is 749. The Kier molecular flexibility index (Phi) is 4.55. The molecule has 1 heterocycles. The van der Waals surface area contributed by atoms with Crippen molar-refractivity contribution in [1.29, 1.82) is 0 Å². The molecule has 0 saturated heterocycles. The minimum atomic E-state index is -0.655. The molecule has 0 spiro atoms. The number of benzene rings is 2. The van der Waals surface area contributed by atoms with Crippen molar-refractivity contribution >= 4 is 0 Å². The Morgan fingerprint density at radius 2 is 1.61 bits per heavy atom. The van der Waals surface area contributed by atoms with Gasteiger partial charge in [-0.3, -0.25) is 0 Å². The van der Waals surface area contributed by atoms with Crippen LogP contribution in [0.1, 0.15) is 30.5 Å². The van der Waals surface area contributed by atoms with E-state index < -0.39 is 12.2 Å². The molecule has 2 aromatic carbocycles. The minimum Gasteiger partial charge on any atom is -0.387 e. The molecular formula is C19H20N2O2. The lowest BCUT2D eigenvalue weighted by Crippen LogP contribution is -2.12. The van der Waals surface area contributed by atoms with Crippen molar-refractivity contribution in [1.82, 2.24) is 9.55 Å². The topological polar surface area (TPSA) is 58.3 Å². The van der Waals surface area contributed by atoms with Crippen molar-refractivity contribution in [3.05, 3.63) is 78.4 Å². The van der Waals surface area contributed by atoms with Crippen LogP contribution in [0.2, 0.25) is 0 Å². The van der Waals surface area contributed by atoms with Crippen LogP contribution < -0.4 is 0 Å². The third kappa shape index (κ3) is 3.50. The SMILES string of the molecule is CC(O)c1nccn1CC(O)c1ccc(-c2ccccc2)cc1. The summed E-state index contributed by atoms with van der Waals surface area (Å²) in [6, 6.07) is 18.0. The zero-order valence-electron chi connectivity index (χ0n) is 13.0. The zero-order chi connectivity index (χ0) is 16.2. The van der Waals surface area contributed by atoms with Crippen molar-refractivity contribution in [2.75, 3.05) is 0 Å². The highest BCUT2D eigenvalue weighted by Crippen LogP contribution is 2.23. The second kappa shape index (κ2) is 6.77. The van der Waals surface area contributed by atoms with Gasteiger partial charge in [0.25, 0.3) is 0 Å². The van der Waals surface area contributed by atoms with Crippen LogP contribution in [0.4, 0.5) is 0 Å². The zero-order valence-corrected chi connectivity index (χ0v) is 13.0. The van der Waals surface area contributed by atoms with E-state index in [1.54, 1.807) is 23.9 Å². The van der Waals surface area contributed by atoms with E-state index in [9.17, 15) is 10.2 Å². The lowest BCUT2D eigenvalue weighted by Gasteiger charge is -2.15. The van der Waals surface area contributed by atoms with Gasteiger partial charge < -0.3 is 14.8 Å². The van der Waals surface area contributed by atoms with E-state index in [1.165, 1.54) is 0 Å². The lowest BCUT2D eigenvalue weighted by atomic mass is 10.0. The van der Waals surface area contributed by atoms with E-state index in [0.717, 1.165) is 16.7 Å². The van der Waals surface area contributed by atoms with Crippen LogP contribution in [0.3, 0.4) is 0 Å². The molecule has 3 rings (SSSR count). The number of nitrogens with zero attached hydrogens (tertiary/aromatic N) is 2. The highest BCUT2D eigenvalue weighted by atomic mass is 16.3. The molecule has 23 heavy (non-hydrogen) atoms. The fourth-order valence-corrected chi connectivity index (χ4v) is 2.66. The van der Waals surface area contributed by atoms with Gasteiger partial charge in [-0.25, -0.2) is 4.98 Å². The summed E-state index contributed by atoms with van der Waals surface area (Å²) < 4.78 is 1.78.